The Kier molecular flexibility index (Phi) is 7.64. The topological polar surface area (TPSA) is 55.6 Å². The average Bonchev–Trinajstić information content (AvgIpc) is 2.32. The van der Waals surface area contributed by atoms with Crippen LogP contribution >= 0.6 is 12.4 Å². The first-order valence-corrected chi connectivity index (χ1v) is 6.65. The lowest BCUT2D eigenvalue weighted by molar-refractivity contribution is -0.146. The van der Waals surface area contributed by atoms with Crippen LogP contribution in [0.1, 0.15) is 33.6 Å². The first-order chi connectivity index (χ1) is 8.38. The molecule has 1 fully saturated rings. The summed E-state index contributed by atoms with van der Waals surface area (Å²) in [6.45, 7) is 11.7. The number of rotatable bonds is 5. The summed E-state index contributed by atoms with van der Waals surface area (Å²) >= 11 is 0. The van der Waals surface area contributed by atoms with E-state index in [2.05, 4.69) is 20.4 Å². The van der Waals surface area contributed by atoms with Gasteiger partial charge in [-0.25, -0.2) is 0 Å². The second kappa shape index (κ2) is 7.88. The van der Waals surface area contributed by atoms with Gasteiger partial charge in [0.25, 0.3) is 5.91 Å². The zero-order valence-corrected chi connectivity index (χ0v) is 13.0. The normalized spacial score (nSPS) is 23.4. The molecule has 0 saturated carbocycles. The highest BCUT2D eigenvalue weighted by molar-refractivity contribution is 5.85. The number of ether oxygens (including phenoxy) is 1. The number of hydrogen-bond donors (Lipinski definition) is 1. The Morgan fingerprint density at radius 3 is 2.79 bits per heavy atom. The lowest BCUT2D eigenvalue weighted by Crippen LogP contribution is -2.55. The third-order valence-corrected chi connectivity index (χ3v) is 3.66. The van der Waals surface area contributed by atoms with E-state index in [1.807, 2.05) is 11.8 Å². The first-order valence-electron chi connectivity index (χ1n) is 6.65. The molecule has 4 nitrogen and oxygen atoms in total. The number of nitrogens with two attached hydrogens (primary N) is 1. The Morgan fingerprint density at radius 1 is 1.63 bits per heavy atom. The van der Waals surface area contributed by atoms with E-state index >= 15 is 0 Å². The first kappa shape index (κ1) is 18.4. The standard InChI is InChI=1S/C14H26N2O2.ClH/c1-5-6-9-18-11(2)13(17)16-8-7-12(15)14(3,4)10-16;/h5,11-12H,1,6-10,15H2,2-4H3;1H. The van der Waals surface area contributed by atoms with Gasteiger partial charge in [0.05, 0.1) is 6.61 Å². The van der Waals surface area contributed by atoms with Crippen molar-refractivity contribution in [1.82, 2.24) is 4.90 Å². The lowest BCUT2D eigenvalue weighted by Gasteiger charge is -2.43. The molecule has 1 heterocycles. The molecule has 1 aliphatic heterocycles. The van der Waals surface area contributed by atoms with E-state index in [9.17, 15) is 4.79 Å². The average molecular weight is 291 g/mol. The Hall–Kier alpha value is -0.580. The summed E-state index contributed by atoms with van der Waals surface area (Å²) in [5.74, 6) is 0.0686. The summed E-state index contributed by atoms with van der Waals surface area (Å²) in [7, 11) is 0. The smallest absolute Gasteiger partial charge is 0.251 e. The summed E-state index contributed by atoms with van der Waals surface area (Å²) in [5.41, 5.74) is 6.05. The van der Waals surface area contributed by atoms with Crippen LogP contribution in [0, 0.1) is 5.41 Å². The van der Waals surface area contributed by atoms with Gasteiger partial charge in [-0.3, -0.25) is 4.79 Å². The summed E-state index contributed by atoms with van der Waals surface area (Å²) < 4.78 is 5.50. The lowest BCUT2D eigenvalue weighted by atomic mass is 9.79. The van der Waals surface area contributed by atoms with Crippen LogP contribution in [0.5, 0.6) is 0 Å². The fourth-order valence-electron chi connectivity index (χ4n) is 2.22. The van der Waals surface area contributed by atoms with E-state index in [-0.39, 0.29) is 35.9 Å². The van der Waals surface area contributed by atoms with Crippen molar-refractivity contribution in [3.05, 3.63) is 12.7 Å². The molecule has 2 N–H and O–H groups in total. The number of hydrogen-bond acceptors (Lipinski definition) is 3. The van der Waals surface area contributed by atoms with Crippen molar-refractivity contribution >= 4 is 18.3 Å². The molecular formula is C14H27ClN2O2. The molecule has 1 rings (SSSR count). The molecule has 1 aliphatic rings. The van der Waals surface area contributed by atoms with Gasteiger partial charge in [0.2, 0.25) is 0 Å². The van der Waals surface area contributed by atoms with E-state index in [1.54, 1.807) is 6.08 Å². The van der Waals surface area contributed by atoms with E-state index < -0.39 is 0 Å². The molecule has 1 saturated heterocycles. The SMILES string of the molecule is C=CCCOC(C)C(=O)N1CCC(N)C(C)(C)C1.Cl. The Bertz CT molecular complexity index is 308. The summed E-state index contributed by atoms with van der Waals surface area (Å²) in [4.78, 5) is 14.1. The maximum Gasteiger partial charge on any atom is 0.251 e. The molecule has 2 unspecified atom stereocenters. The van der Waals surface area contributed by atoms with Gasteiger partial charge in [0.1, 0.15) is 6.10 Å². The van der Waals surface area contributed by atoms with Crippen LogP contribution in [-0.4, -0.2) is 42.6 Å². The van der Waals surface area contributed by atoms with Gasteiger partial charge in [-0.05, 0) is 25.2 Å². The van der Waals surface area contributed by atoms with Crippen molar-refractivity contribution in [2.45, 2.75) is 45.8 Å². The predicted octanol–water partition coefficient (Wildman–Crippen LogP) is 1.98. The predicted molar refractivity (Wildman–Crippen MR) is 80.4 cm³/mol. The molecule has 1 amide bonds. The molecule has 0 spiro atoms. The van der Waals surface area contributed by atoms with E-state index in [0.29, 0.717) is 13.2 Å². The van der Waals surface area contributed by atoms with Crippen molar-refractivity contribution < 1.29 is 9.53 Å². The Labute approximate surface area is 122 Å². The minimum Gasteiger partial charge on any atom is -0.368 e. The number of carbonyl (C=O) groups is 1. The monoisotopic (exact) mass is 290 g/mol. The van der Waals surface area contributed by atoms with E-state index in [1.165, 1.54) is 0 Å². The number of carbonyl (C=O) groups excluding carboxylic acids is 1. The number of nitrogens with zero attached hydrogens (tertiary/aromatic N) is 1. The number of likely N-dealkylation sites (tertiary alicyclic amines) is 1. The van der Waals surface area contributed by atoms with Gasteiger partial charge in [-0.1, -0.05) is 19.9 Å². The van der Waals surface area contributed by atoms with Crippen LogP contribution in [0.25, 0.3) is 0 Å². The molecule has 112 valence electrons. The maximum absolute atomic E-state index is 12.2. The van der Waals surface area contributed by atoms with Gasteiger partial charge < -0.3 is 15.4 Å². The highest BCUT2D eigenvalue weighted by atomic mass is 35.5. The number of piperidine rings is 1. The maximum atomic E-state index is 12.2. The van der Waals surface area contributed by atoms with Crippen LogP contribution in [0.15, 0.2) is 12.7 Å². The molecule has 0 aliphatic carbocycles. The van der Waals surface area contributed by atoms with E-state index in [0.717, 1.165) is 19.4 Å². The molecule has 2 atom stereocenters. The third kappa shape index (κ3) is 5.13. The second-order valence-corrected chi connectivity index (χ2v) is 5.73. The third-order valence-electron chi connectivity index (χ3n) is 3.66. The highest BCUT2D eigenvalue weighted by Crippen LogP contribution is 2.28. The van der Waals surface area contributed by atoms with Crippen LogP contribution in [-0.2, 0) is 9.53 Å². The van der Waals surface area contributed by atoms with Crippen molar-refractivity contribution in [2.24, 2.45) is 11.1 Å². The molecule has 0 aromatic heterocycles. The summed E-state index contributed by atoms with van der Waals surface area (Å²) in [6, 6.07) is 0.165. The second-order valence-electron chi connectivity index (χ2n) is 5.73. The minimum absolute atomic E-state index is 0. The van der Waals surface area contributed by atoms with E-state index in [4.69, 9.17) is 10.5 Å². The van der Waals surface area contributed by atoms with Crippen LogP contribution in [0.2, 0.25) is 0 Å². The molecule has 0 aromatic rings. The molecule has 5 heteroatoms. The van der Waals surface area contributed by atoms with Gasteiger partial charge >= 0.3 is 0 Å². The summed E-state index contributed by atoms with van der Waals surface area (Å²) in [5, 5.41) is 0. The van der Waals surface area contributed by atoms with Crippen molar-refractivity contribution in [2.75, 3.05) is 19.7 Å². The highest BCUT2D eigenvalue weighted by Gasteiger charge is 2.36. The van der Waals surface area contributed by atoms with Gasteiger partial charge in [-0.2, -0.15) is 0 Å². The quantitative estimate of drug-likeness (QED) is 0.622. The van der Waals surface area contributed by atoms with Gasteiger partial charge in [0.15, 0.2) is 0 Å². The molecule has 0 bridgehead atoms. The van der Waals surface area contributed by atoms with Crippen LogP contribution < -0.4 is 5.73 Å². The molecular weight excluding hydrogens is 264 g/mol. The van der Waals surface area contributed by atoms with Crippen LogP contribution in [0.4, 0.5) is 0 Å². The molecule has 0 aromatic carbocycles. The van der Waals surface area contributed by atoms with Crippen molar-refractivity contribution in [3.8, 4) is 0 Å². The van der Waals surface area contributed by atoms with Gasteiger partial charge in [-0.15, -0.1) is 19.0 Å². The Balaban J connectivity index is 0.00000324. The zero-order valence-electron chi connectivity index (χ0n) is 12.2. The molecule has 0 radical (unpaired) electrons. The molecule has 19 heavy (non-hydrogen) atoms. The number of amides is 1. The summed E-state index contributed by atoms with van der Waals surface area (Å²) in [6.07, 6.45) is 3.04. The minimum atomic E-state index is -0.380. The number of halogens is 1. The fourth-order valence-corrected chi connectivity index (χ4v) is 2.22. The fraction of sp³-hybridized carbons (Fsp3) is 0.786. The van der Waals surface area contributed by atoms with Gasteiger partial charge in [0, 0.05) is 19.1 Å². The van der Waals surface area contributed by atoms with Crippen molar-refractivity contribution in [3.63, 3.8) is 0 Å². The van der Waals surface area contributed by atoms with Crippen LogP contribution in [0.3, 0.4) is 0 Å². The zero-order chi connectivity index (χ0) is 13.8. The van der Waals surface area contributed by atoms with Crippen molar-refractivity contribution in [1.29, 1.82) is 0 Å². The largest absolute Gasteiger partial charge is 0.368 e. The Morgan fingerprint density at radius 2 is 2.26 bits per heavy atom.